The summed E-state index contributed by atoms with van der Waals surface area (Å²) in [6.07, 6.45) is -1.91. The Balaban J connectivity index is 0.000000289. The van der Waals surface area contributed by atoms with E-state index in [0.717, 1.165) is 9.75 Å². The molecule has 0 fully saturated rings. The molecule has 0 N–H and O–H groups in total. The quantitative estimate of drug-likeness (QED) is 0.0938. The molecule has 0 atom stereocenters. The van der Waals surface area contributed by atoms with Gasteiger partial charge in [-0.25, -0.2) is 0 Å². The third-order valence-electron chi connectivity index (χ3n) is 7.43. The predicted octanol–water partition coefficient (Wildman–Crippen LogP) is 12.7. The summed E-state index contributed by atoms with van der Waals surface area (Å²) >= 11 is 0.530. The minimum Gasteiger partial charge on any atom is -0.405 e. The average molecular weight is 778 g/mol. The van der Waals surface area contributed by atoms with E-state index in [9.17, 15) is 26.3 Å². The van der Waals surface area contributed by atoms with Crippen molar-refractivity contribution >= 4 is 43.9 Å². The molecule has 0 unspecified atom stereocenters. The van der Waals surface area contributed by atoms with Gasteiger partial charge in [-0.1, -0.05) is 18.2 Å². The number of hydrogen-bond donors (Lipinski definition) is 0. The number of alkyl halides is 6. The molecule has 0 spiro atoms. The molecule has 2 aromatic heterocycles. The maximum absolute atomic E-state index is 12.8. The molecule has 4 aromatic rings. The standard InChI is InChI=1S/C11H7F3OS.C11H6F3OS.3C4H9.Sn/c2*12-11(13,14)15-9-5-2-1-4-8(9)10-6-3-7-16-10;3*1-3-4-2;/h1-7H;1-6H;3*1,3-4H2,2H3;. The molecular weight excluding hydrogens is 737 g/mol. The van der Waals surface area contributed by atoms with Crippen LogP contribution >= 0.6 is 22.7 Å². The summed E-state index contributed by atoms with van der Waals surface area (Å²) in [6, 6.07) is 20.4. The van der Waals surface area contributed by atoms with E-state index in [4.69, 9.17) is 0 Å². The zero-order valence-corrected chi connectivity index (χ0v) is 30.3. The normalized spacial score (nSPS) is 12.0. The number of para-hydroxylation sites is 2. The molecule has 11 heteroatoms. The van der Waals surface area contributed by atoms with Gasteiger partial charge in [0.25, 0.3) is 0 Å². The number of ether oxygens (including phenoxy) is 2. The number of halogens is 6. The van der Waals surface area contributed by atoms with E-state index >= 15 is 0 Å². The molecule has 0 saturated carbocycles. The maximum Gasteiger partial charge on any atom is 0.573 e. The van der Waals surface area contributed by atoms with Gasteiger partial charge in [0.15, 0.2) is 0 Å². The minimum absolute atomic E-state index is 0.107. The molecule has 0 aliphatic heterocycles. The zero-order chi connectivity index (χ0) is 32.9. The average Bonchev–Trinajstić information content (AvgIpc) is 3.70. The summed E-state index contributed by atoms with van der Waals surface area (Å²) in [5.41, 5.74) is 0.998. The molecule has 45 heavy (non-hydrogen) atoms. The molecule has 0 amide bonds. The largest absolute Gasteiger partial charge is 0.573 e. The summed E-state index contributed by atoms with van der Waals surface area (Å²) in [6.45, 7) is 6.75. The molecule has 246 valence electrons. The van der Waals surface area contributed by atoms with Crippen LogP contribution in [0.5, 0.6) is 11.5 Å². The van der Waals surface area contributed by atoms with Crippen LogP contribution in [0, 0.1) is 0 Å². The van der Waals surface area contributed by atoms with Crippen LogP contribution in [0.25, 0.3) is 20.9 Å². The first kappa shape index (κ1) is 37.3. The number of unbranched alkanes of at least 4 members (excludes halogenated alkanes) is 3. The van der Waals surface area contributed by atoms with Crippen LogP contribution < -0.4 is 12.4 Å². The molecule has 0 bridgehead atoms. The van der Waals surface area contributed by atoms with Crippen molar-refractivity contribution in [2.75, 3.05) is 0 Å². The van der Waals surface area contributed by atoms with E-state index < -0.39 is 31.1 Å². The van der Waals surface area contributed by atoms with Crippen molar-refractivity contribution in [1.29, 1.82) is 0 Å². The van der Waals surface area contributed by atoms with Crippen molar-refractivity contribution in [3.8, 4) is 32.4 Å². The topological polar surface area (TPSA) is 18.5 Å². The van der Waals surface area contributed by atoms with Crippen LogP contribution in [0.3, 0.4) is 0 Å². The van der Waals surface area contributed by atoms with Crippen LogP contribution in [0.1, 0.15) is 59.3 Å². The smallest absolute Gasteiger partial charge is 0.405 e. The van der Waals surface area contributed by atoms with E-state index in [2.05, 4.69) is 36.3 Å². The molecular formula is C34H40F6O2S2Sn. The van der Waals surface area contributed by atoms with Crippen molar-refractivity contribution in [1.82, 2.24) is 0 Å². The van der Waals surface area contributed by atoms with Gasteiger partial charge in [0.2, 0.25) is 0 Å². The van der Waals surface area contributed by atoms with E-state index in [-0.39, 0.29) is 11.5 Å². The Kier molecular flexibility index (Phi) is 14.6. The van der Waals surface area contributed by atoms with Crippen molar-refractivity contribution in [2.45, 2.75) is 85.3 Å². The zero-order valence-electron chi connectivity index (χ0n) is 25.8. The Labute approximate surface area is 274 Å². The van der Waals surface area contributed by atoms with Gasteiger partial charge in [0, 0.05) is 10.4 Å². The van der Waals surface area contributed by atoms with Crippen molar-refractivity contribution < 1.29 is 35.8 Å². The summed E-state index contributed by atoms with van der Waals surface area (Å²) in [5, 5.41) is 1.81. The van der Waals surface area contributed by atoms with Gasteiger partial charge in [0.1, 0.15) is 5.75 Å². The molecule has 0 saturated heterocycles. The second kappa shape index (κ2) is 17.7. The molecule has 2 heterocycles. The van der Waals surface area contributed by atoms with Crippen molar-refractivity contribution in [3.05, 3.63) is 78.2 Å². The van der Waals surface area contributed by atoms with Crippen LogP contribution in [0.4, 0.5) is 26.3 Å². The van der Waals surface area contributed by atoms with Crippen LogP contribution in [-0.4, -0.2) is 31.1 Å². The fourth-order valence-electron chi connectivity index (χ4n) is 5.26. The van der Waals surface area contributed by atoms with Crippen molar-refractivity contribution in [2.24, 2.45) is 0 Å². The fourth-order valence-corrected chi connectivity index (χ4v) is 26.2. The SMILES string of the molecule is CCC[CH2][Sn]([CH2]CCC)([CH2]CCC)[c]1ccc(-c2ccccc2OC(F)(F)F)s1.FC(F)(F)Oc1ccccc1-c1cccs1. The molecule has 0 aliphatic rings. The first-order chi connectivity index (χ1) is 21.4. The van der Waals surface area contributed by atoms with Gasteiger partial charge in [0.05, 0.1) is 0 Å². The van der Waals surface area contributed by atoms with Crippen LogP contribution in [0.2, 0.25) is 13.3 Å². The maximum atomic E-state index is 12.8. The predicted molar refractivity (Wildman–Crippen MR) is 177 cm³/mol. The van der Waals surface area contributed by atoms with E-state index in [1.807, 2.05) is 6.07 Å². The van der Waals surface area contributed by atoms with E-state index in [0.29, 0.717) is 11.1 Å². The Morgan fingerprint density at radius 3 is 1.47 bits per heavy atom. The molecule has 4 rings (SSSR count). The minimum atomic E-state index is -4.68. The van der Waals surface area contributed by atoms with Gasteiger partial charge >= 0.3 is 188 Å². The number of hydrogen-bond acceptors (Lipinski definition) is 4. The summed E-state index contributed by atoms with van der Waals surface area (Å²) < 4.78 is 88.8. The third kappa shape index (κ3) is 11.8. The fraction of sp³-hybridized carbons (Fsp3) is 0.412. The van der Waals surface area contributed by atoms with Crippen LogP contribution in [-0.2, 0) is 0 Å². The van der Waals surface area contributed by atoms with Crippen LogP contribution in [0.15, 0.2) is 78.2 Å². The van der Waals surface area contributed by atoms with Gasteiger partial charge in [-0.05, 0) is 23.6 Å². The molecule has 0 radical (unpaired) electrons. The Morgan fingerprint density at radius 1 is 0.578 bits per heavy atom. The molecule has 2 aromatic carbocycles. The van der Waals surface area contributed by atoms with E-state index in [1.54, 1.807) is 59.2 Å². The Hall–Kier alpha value is -2.18. The van der Waals surface area contributed by atoms with Crippen molar-refractivity contribution in [3.63, 3.8) is 0 Å². The monoisotopic (exact) mass is 778 g/mol. The van der Waals surface area contributed by atoms with Gasteiger partial charge in [-0.2, -0.15) is 0 Å². The van der Waals surface area contributed by atoms with Gasteiger partial charge in [-0.3, -0.25) is 0 Å². The first-order valence-electron chi connectivity index (χ1n) is 15.3. The number of benzene rings is 2. The first-order valence-corrected chi connectivity index (χ1v) is 24.4. The Bertz CT molecular complexity index is 1390. The van der Waals surface area contributed by atoms with Gasteiger partial charge < -0.3 is 4.74 Å². The third-order valence-corrected chi connectivity index (χ3v) is 27.7. The number of thiophene rings is 2. The summed E-state index contributed by atoms with van der Waals surface area (Å²) in [4.78, 5) is 1.64. The van der Waals surface area contributed by atoms with Gasteiger partial charge in [-0.15, -0.1) is 24.5 Å². The second-order valence-corrected chi connectivity index (χ2v) is 27.0. The Morgan fingerprint density at radius 2 is 1.04 bits per heavy atom. The second-order valence-electron chi connectivity index (χ2n) is 10.8. The summed E-state index contributed by atoms with van der Waals surface area (Å²) in [5.74, 6) is -0.276. The summed E-state index contributed by atoms with van der Waals surface area (Å²) in [7, 11) is 0. The number of rotatable bonds is 14. The van der Waals surface area contributed by atoms with E-state index in [1.165, 1.54) is 84.3 Å². The molecule has 0 aliphatic carbocycles. The molecule has 2 nitrogen and oxygen atoms in total.